The molecule has 0 saturated carbocycles. The topological polar surface area (TPSA) is 35.5 Å². The Morgan fingerprint density at radius 3 is 2.42 bits per heavy atom. The molecule has 0 unspecified atom stereocenters. The number of rotatable bonds is 6. The van der Waals surface area contributed by atoms with Crippen molar-refractivity contribution in [3.8, 4) is 11.5 Å². The first kappa shape index (κ1) is 15.5. The van der Waals surface area contributed by atoms with Crippen LogP contribution < -0.4 is 9.47 Å². The van der Waals surface area contributed by atoms with E-state index >= 15 is 0 Å². The maximum Gasteiger partial charge on any atom is 0.196 e. The summed E-state index contributed by atoms with van der Waals surface area (Å²) in [7, 11) is 1.38. The molecule has 0 saturated heterocycles. The molecule has 0 radical (unpaired) electrons. The molecule has 0 amide bonds. The fourth-order valence-corrected chi connectivity index (χ4v) is 1.72. The number of carbonyl (C=O) groups excluding carboxylic acids is 1. The van der Waals surface area contributed by atoms with Crippen LogP contribution in [0.15, 0.2) is 12.1 Å². The van der Waals surface area contributed by atoms with Gasteiger partial charge in [-0.3, -0.25) is 4.79 Å². The van der Waals surface area contributed by atoms with Crippen molar-refractivity contribution in [2.75, 3.05) is 7.11 Å². The summed E-state index contributed by atoms with van der Waals surface area (Å²) in [5.74, 6) is -0.497. The van der Waals surface area contributed by atoms with E-state index in [0.29, 0.717) is 12.0 Å². The van der Waals surface area contributed by atoms with Crippen molar-refractivity contribution in [1.82, 2.24) is 0 Å². The average molecular weight is 268 g/mol. The molecule has 1 atom stereocenters. The van der Waals surface area contributed by atoms with Gasteiger partial charge in [0.05, 0.1) is 13.2 Å². The van der Waals surface area contributed by atoms with E-state index in [9.17, 15) is 9.18 Å². The summed E-state index contributed by atoms with van der Waals surface area (Å²) in [5.41, 5.74) is 0.323. The van der Waals surface area contributed by atoms with Crippen molar-refractivity contribution in [3.63, 3.8) is 0 Å². The Balaban J connectivity index is 3.22. The lowest BCUT2D eigenvalue weighted by atomic mass is 9.97. The summed E-state index contributed by atoms with van der Waals surface area (Å²) < 4.78 is 24.4. The van der Waals surface area contributed by atoms with Crippen molar-refractivity contribution in [2.24, 2.45) is 5.92 Å². The molecule has 0 spiro atoms. The third-order valence-electron chi connectivity index (χ3n) is 2.92. The van der Waals surface area contributed by atoms with Gasteiger partial charge in [-0.1, -0.05) is 13.8 Å². The number of Topliss-reactive ketones (excluding diaryl/α,β-unsaturated/α-hetero) is 1. The number of ketones is 1. The van der Waals surface area contributed by atoms with Crippen LogP contribution in [-0.2, 0) is 0 Å². The molecule has 0 aromatic heterocycles. The summed E-state index contributed by atoms with van der Waals surface area (Å²) in [6.07, 6.45) is 0.592. The zero-order valence-corrected chi connectivity index (χ0v) is 12.1. The zero-order valence-electron chi connectivity index (χ0n) is 12.1. The summed E-state index contributed by atoms with van der Waals surface area (Å²) in [6.45, 7) is 7.42. The molecular weight excluding hydrogens is 247 g/mol. The molecule has 0 aliphatic heterocycles. The second-order valence-corrected chi connectivity index (χ2v) is 4.83. The van der Waals surface area contributed by atoms with Crippen molar-refractivity contribution < 1.29 is 18.7 Å². The van der Waals surface area contributed by atoms with Crippen LogP contribution in [-0.4, -0.2) is 19.0 Å². The van der Waals surface area contributed by atoms with Crippen LogP contribution in [0.4, 0.5) is 4.39 Å². The second-order valence-electron chi connectivity index (χ2n) is 4.83. The van der Waals surface area contributed by atoms with Crippen molar-refractivity contribution >= 4 is 5.78 Å². The van der Waals surface area contributed by atoms with E-state index in [1.165, 1.54) is 13.2 Å². The number of hydrogen-bond donors (Lipinski definition) is 0. The van der Waals surface area contributed by atoms with Crippen molar-refractivity contribution in [1.29, 1.82) is 0 Å². The van der Waals surface area contributed by atoms with E-state index in [1.807, 2.05) is 27.7 Å². The first-order valence-electron chi connectivity index (χ1n) is 6.49. The summed E-state index contributed by atoms with van der Waals surface area (Å²) in [4.78, 5) is 12.1. The third kappa shape index (κ3) is 3.69. The fraction of sp³-hybridized carbons (Fsp3) is 0.533. The van der Waals surface area contributed by atoms with Crippen LogP contribution in [0.2, 0.25) is 0 Å². The van der Waals surface area contributed by atoms with Gasteiger partial charge in [-0.15, -0.1) is 0 Å². The fourth-order valence-electron chi connectivity index (χ4n) is 1.72. The van der Waals surface area contributed by atoms with Gasteiger partial charge in [0.1, 0.15) is 0 Å². The molecule has 0 heterocycles. The highest BCUT2D eigenvalue weighted by Gasteiger charge is 2.20. The number of benzene rings is 1. The molecule has 1 rings (SSSR count). The molecule has 106 valence electrons. The van der Waals surface area contributed by atoms with Crippen molar-refractivity contribution in [3.05, 3.63) is 23.5 Å². The number of hydrogen-bond acceptors (Lipinski definition) is 3. The Kier molecular flexibility index (Phi) is 5.33. The smallest absolute Gasteiger partial charge is 0.196 e. The van der Waals surface area contributed by atoms with Crippen LogP contribution in [0.5, 0.6) is 11.5 Å². The average Bonchev–Trinajstić information content (AvgIpc) is 2.35. The van der Waals surface area contributed by atoms with Gasteiger partial charge in [0.15, 0.2) is 23.1 Å². The predicted octanol–water partition coefficient (Wildman–Crippen LogP) is 3.85. The number of ether oxygens (including phenoxy) is 2. The van der Waals surface area contributed by atoms with Gasteiger partial charge in [0.2, 0.25) is 0 Å². The molecule has 0 bridgehead atoms. The Hall–Kier alpha value is -1.58. The first-order valence-corrected chi connectivity index (χ1v) is 6.49. The standard InChI is InChI=1S/C15H21FO3/c1-6-10(4)14(17)11-7-12(16)15(18-5)13(8-11)19-9(2)3/h7-10H,6H2,1-5H3/t10-/m1/s1. The normalized spacial score (nSPS) is 12.4. The monoisotopic (exact) mass is 268 g/mol. The summed E-state index contributed by atoms with van der Waals surface area (Å²) in [5, 5.41) is 0. The Morgan fingerprint density at radius 1 is 1.32 bits per heavy atom. The van der Waals surface area contributed by atoms with Gasteiger partial charge in [0, 0.05) is 11.5 Å². The highest BCUT2D eigenvalue weighted by atomic mass is 19.1. The van der Waals surface area contributed by atoms with Gasteiger partial charge >= 0.3 is 0 Å². The number of carbonyl (C=O) groups is 1. The first-order chi connectivity index (χ1) is 8.90. The van der Waals surface area contributed by atoms with Gasteiger partial charge in [0.25, 0.3) is 0 Å². The third-order valence-corrected chi connectivity index (χ3v) is 2.92. The van der Waals surface area contributed by atoms with Crippen LogP contribution in [0.3, 0.4) is 0 Å². The van der Waals surface area contributed by atoms with Crippen LogP contribution >= 0.6 is 0 Å². The molecular formula is C15H21FO3. The zero-order chi connectivity index (χ0) is 14.6. The highest BCUT2D eigenvalue weighted by molar-refractivity contribution is 5.98. The lowest BCUT2D eigenvalue weighted by Gasteiger charge is -2.16. The van der Waals surface area contributed by atoms with E-state index < -0.39 is 5.82 Å². The Morgan fingerprint density at radius 2 is 1.95 bits per heavy atom. The maximum atomic E-state index is 13.9. The molecule has 1 aromatic carbocycles. The van der Waals surface area contributed by atoms with Gasteiger partial charge in [-0.2, -0.15) is 0 Å². The summed E-state index contributed by atoms with van der Waals surface area (Å²) >= 11 is 0. The molecule has 4 heteroatoms. The predicted molar refractivity (Wildman–Crippen MR) is 72.5 cm³/mol. The van der Waals surface area contributed by atoms with E-state index in [1.54, 1.807) is 6.07 Å². The Labute approximate surface area is 113 Å². The minimum absolute atomic E-state index is 0.0365. The minimum atomic E-state index is -0.577. The van der Waals surface area contributed by atoms with E-state index in [-0.39, 0.29) is 29.3 Å². The largest absolute Gasteiger partial charge is 0.490 e. The van der Waals surface area contributed by atoms with Gasteiger partial charge in [-0.25, -0.2) is 4.39 Å². The van der Waals surface area contributed by atoms with E-state index in [4.69, 9.17) is 9.47 Å². The number of methoxy groups -OCH3 is 1. The Bertz CT molecular complexity index is 455. The quantitative estimate of drug-likeness (QED) is 0.735. The molecule has 1 aromatic rings. The molecule has 0 aliphatic rings. The lowest BCUT2D eigenvalue weighted by molar-refractivity contribution is 0.0925. The number of halogens is 1. The van der Waals surface area contributed by atoms with Gasteiger partial charge < -0.3 is 9.47 Å². The van der Waals surface area contributed by atoms with Crippen LogP contribution in [0.1, 0.15) is 44.5 Å². The highest BCUT2D eigenvalue weighted by Crippen LogP contribution is 2.33. The minimum Gasteiger partial charge on any atom is -0.490 e. The summed E-state index contributed by atoms with van der Waals surface area (Å²) in [6, 6.07) is 2.76. The molecule has 3 nitrogen and oxygen atoms in total. The maximum absolute atomic E-state index is 13.9. The molecule has 0 N–H and O–H groups in total. The molecule has 19 heavy (non-hydrogen) atoms. The van der Waals surface area contributed by atoms with Crippen LogP contribution in [0.25, 0.3) is 0 Å². The lowest BCUT2D eigenvalue weighted by Crippen LogP contribution is -2.13. The molecule has 0 aliphatic carbocycles. The SMILES string of the molecule is CC[C@@H](C)C(=O)c1cc(F)c(OC)c(OC(C)C)c1. The van der Waals surface area contributed by atoms with E-state index in [2.05, 4.69) is 0 Å². The van der Waals surface area contributed by atoms with E-state index in [0.717, 1.165) is 0 Å². The van der Waals surface area contributed by atoms with Crippen molar-refractivity contribution in [2.45, 2.75) is 40.2 Å². The van der Waals surface area contributed by atoms with Gasteiger partial charge in [-0.05, 0) is 32.4 Å². The van der Waals surface area contributed by atoms with Crippen LogP contribution in [0, 0.1) is 11.7 Å². The molecule has 0 fully saturated rings. The second kappa shape index (κ2) is 6.55.